The molecular weight excluding hydrogens is 268 g/mol. The van der Waals surface area contributed by atoms with Crippen LogP contribution in [0.3, 0.4) is 0 Å². The van der Waals surface area contributed by atoms with Crippen molar-refractivity contribution in [3.63, 3.8) is 0 Å². The molecule has 1 aliphatic carbocycles. The first-order chi connectivity index (χ1) is 9.74. The summed E-state index contributed by atoms with van der Waals surface area (Å²) in [4.78, 5) is 11.3. The van der Waals surface area contributed by atoms with Crippen LogP contribution in [0.25, 0.3) is 0 Å². The first-order valence-electron chi connectivity index (χ1n) is 7.92. The van der Waals surface area contributed by atoms with E-state index in [1.807, 2.05) is 0 Å². The van der Waals surface area contributed by atoms with E-state index in [2.05, 4.69) is 6.58 Å². The number of hydrogen-bond acceptors (Lipinski definition) is 4. The second-order valence-electron chi connectivity index (χ2n) is 6.86. The van der Waals surface area contributed by atoms with Gasteiger partial charge in [-0.1, -0.05) is 6.58 Å². The smallest absolute Gasteiger partial charge is 0.303 e. The van der Waals surface area contributed by atoms with Crippen LogP contribution in [-0.4, -0.2) is 34.5 Å². The fraction of sp³-hybridized carbons (Fsp3) is 0.824. The highest BCUT2D eigenvalue weighted by Crippen LogP contribution is 2.34. The van der Waals surface area contributed by atoms with Crippen molar-refractivity contribution in [1.82, 2.24) is 0 Å². The third-order valence-electron chi connectivity index (χ3n) is 4.55. The van der Waals surface area contributed by atoms with E-state index in [1.54, 1.807) is 13.8 Å². The molecular formula is C17H30O4. The molecule has 1 rings (SSSR count). The Morgan fingerprint density at radius 2 is 2.05 bits per heavy atom. The van der Waals surface area contributed by atoms with Crippen LogP contribution in [0.5, 0.6) is 0 Å². The lowest BCUT2D eigenvalue weighted by molar-refractivity contribution is -0.146. The molecule has 0 bridgehead atoms. The molecule has 0 radical (unpaired) electrons. The van der Waals surface area contributed by atoms with E-state index < -0.39 is 5.60 Å². The molecule has 1 fully saturated rings. The van der Waals surface area contributed by atoms with Gasteiger partial charge in [0.2, 0.25) is 0 Å². The van der Waals surface area contributed by atoms with Gasteiger partial charge in [-0.25, -0.2) is 0 Å². The van der Waals surface area contributed by atoms with E-state index in [9.17, 15) is 15.0 Å². The van der Waals surface area contributed by atoms with Crippen molar-refractivity contribution in [3.8, 4) is 0 Å². The minimum atomic E-state index is -0.835. The van der Waals surface area contributed by atoms with Gasteiger partial charge in [0, 0.05) is 13.5 Å². The van der Waals surface area contributed by atoms with E-state index in [4.69, 9.17) is 4.74 Å². The summed E-state index contributed by atoms with van der Waals surface area (Å²) in [5, 5.41) is 19.8. The summed E-state index contributed by atoms with van der Waals surface area (Å²) in [5.74, 6) is -0.000356. The Morgan fingerprint density at radius 3 is 2.57 bits per heavy atom. The molecule has 1 aliphatic rings. The molecule has 4 nitrogen and oxygen atoms in total. The lowest BCUT2D eigenvalue weighted by Gasteiger charge is -2.34. The summed E-state index contributed by atoms with van der Waals surface area (Å²) in [6.07, 6.45) is 4.69. The molecule has 4 heteroatoms. The van der Waals surface area contributed by atoms with E-state index in [-0.39, 0.29) is 30.5 Å². The molecule has 122 valence electrons. The van der Waals surface area contributed by atoms with Crippen LogP contribution in [0, 0.1) is 11.8 Å². The van der Waals surface area contributed by atoms with Crippen molar-refractivity contribution in [3.05, 3.63) is 12.2 Å². The topological polar surface area (TPSA) is 66.8 Å². The fourth-order valence-corrected chi connectivity index (χ4v) is 3.06. The molecule has 0 aliphatic heterocycles. The maximum absolute atomic E-state index is 11.3. The third kappa shape index (κ3) is 6.18. The maximum Gasteiger partial charge on any atom is 0.303 e. The van der Waals surface area contributed by atoms with Crippen molar-refractivity contribution in [1.29, 1.82) is 0 Å². The normalized spacial score (nSPS) is 29.0. The third-order valence-corrected chi connectivity index (χ3v) is 4.55. The molecule has 0 unspecified atom stereocenters. The molecule has 0 aromatic heterocycles. The van der Waals surface area contributed by atoms with Crippen molar-refractivity contribution < 1.29 is 19.7 Å². The Kier molecular flexibility index (Phi) is 6.88. The fourth-order valence-electron chi connectivity index (χ4n) is 3.06. The van der Waals surface area contributed by atoms with Gasteiger partial charge in [0.05, 0.1) is 5.60 Å². The molecule has 0 saturated heterocycles. The summed E-state index contributed by atoms with van der Waals surface area (Å²) in [5.41, 5.74) is 0.0794. The van der Waals surface area contributed by atoms with Crippen molar-refractivity contribution in [2.75, 3.05) is 6.61 Å². The molecule has 0 aromatic rings. The molecule has 0 spiro atoms. The summed E-state index contributed by atoms with van der Waals surface area (Å²) in [7, 11) is 0. The quantitative estimate of drug-likeness (QED) is 0.621. The lowest BCUT2D eigenvalue weighted by atomic mass is 9.78. The van der Waals surface area contributed by atoms with Crippen LogP contribution in [0.4, 0.5) is 0 Å². The predicted molar refractivity (Wildman–Crippen MR) is 82.8 cm³/mol. The second kappa shape index (κ2) is 7.95. The van der Waals surface area contributed by atoms with E-state index >= 15 is 0 Å². The van der Waals surface area contributed by atoms with Gasteiger partial charge in [0.25, 0.3) is 0 Å². The Labute approximate surface area is 128 Å². The standard InChI is InChI=1S/C17H30O4/c1-12-6-5-7-14(11-18)8-9-15(17(3,4)20)10-16(12)21-13(2)19/h14-16,18,20H,1,5-11H2,2-4H3/t14-,15+,16-/m1/s1. The number of carbonyl (C=O) groups is 1. The zero-order valence-corrected chi connectivity index (χ0v) is 13.6. The second-order valence-corrected chi connectivity index (χ2v) is 6.86. The number of carbonyl (C=O) groups excluding carboxylic acids is 1. The number of rotatable bonds is 3. The number of hydrogen-bond donors (Lipinski definition) is 2. The average Bonchev–Trinajstić information content (AvgIpc) is 2.37. The molecule has 1 saturated carbocycles. The van der Waals surface area contributed by atoms with Gasteiger partial charge in [0.15, 0.2) is 0 Å². The lowest BCUT2D eigenvalue weighted by Crippen LogP contribution is -2.36. The van der Waals surface area contributed by atoms with Crippen LogP contribution < -0.4 is 0 Å². The van der Waals surface area contributed by atoms with Gasteiger partial charge in [0.1, 0.15) is 6.10 Å². The summed E-state index contributed by atoms with van der Waals surface area (Å²) in [6.45, 7) is 9.26. The molecule has 2 N–H and O–H groups in total. The van der Waals surface area contributed by atoms with E-state index in [1.165, 1.54) is 6.92 Å². The molecule has 0 amide bonds. The van der Waals surface area contributed by atoms with Crippen LogP contribution >= 0.6 is 0 Å². The zero-order valence-electron chi connectivity index (χ0n) is 13.6. The first kappa shape index (κ1) is 18.2. The highest BCUT2D eigenvalue weighted by molar-refractivity contribution is 5.66. The largest absolute Gasteiger partial charge is 0.458 e. The Balaban J connectivity index is 2.88. The number of aliphatic hydroxyl groups is 2. The molecule has 0 aromatic carbocycles. The SMILES string of the molecule is C=C1CCC[C@@H](CO)CC[C@H](C(C)(C)O)C[C@H]1OC(C)=O. The minimum absolute atomic E-state index is 0.0192. The van der Waals surface area contributed by atoms with Crippen LogP contribution in [0.1, 0.15) is 59.3 Å². The molecule has 0 heterocycles. The predicted octanol–water partition coefficient (Wildman–Crippen LogP) is 2.82. The van der Waals surface area contributed by atoms with Gasteiger partial charge >= 0.3 is 5.97 Å². The number of esters is 1. The van der Waals surface area contributed by atoms with E-state index in [0.717, 1.165) is 37.7 Å². The van der Waals surface area contributed by atoms with Gasteiger partial charge in [-0.3, -0.25) is 4.79 Å². The van der Waals surface area contributed by atoms with Gasteiger partial charge < -0.3 is 14.9 Å². The summed E-state index contributed by atoms with van der Waals surface area (Å²) >= 11 is 0. The molecule has 21 heavy (non-hydrogen) atoms. The Morgan fingerprint density at radius 1 is 1.38 bits per heavy atom. The zero-order chi connectivity index (χ0) is 16.0. The van der Waals surface area contributed by atoms with Crippen molar-refractivity contribution in [2.24, 2.45) is 11.8 Å². The Bertz CT molecular complexity index is 356. The van der Waals surface area contributed by atoms with Crippen LogP contribution in [0.15, 0.2) is 12.2 Å². The van der Waals surface area contributed by atoms with Gasteiger partial charge in [-0.2, -0.15) is 0 Å². The number of ether oxygens (including phenoxy) is 1. The summed E-state index contributed by atoms with van der Waals surface area (Å²) < 4.78 is 5.41. The first-order valence-corrected chi connectivity index (χ1v) is 7.92. The molecule has 3 atom stereocenters. The van der Waals surface area contributed by atoms with Gasteiger partial charge in [-0.05, 0) is 69.8 Å². The average molecular weight is 298 g/mol. The highest BCUT2D eigenvalue weighted by atomic mass is 16.5. The van der Waals surface area contributed by atoms with Gasteiger partial charge in [-0.15, -0.1) is 0 Å². The van der Waals surface area contributed by atoms with Crippen molar-refractivity contribution in [2.45, 2.75) is 71.0 Å². The Hall–Kier alpha value is -0.870. The number of aliphatic hydroxyl groups excluding tert-OH is 1. The highest BCUT2D eigenvalue weighted by Gasteiger charge is 2.32. The van der Waals surface area contributed by atoms with Crippen molar-refractivity contribution >= 4 is 5.97 Å². The van der Waals surface area contributed by atoms with Crippen LogP contribution in [0.2, 0.25) is 0 Å². The summed E-state index contributed by atoms with van der Waals surface area (Å²) in [6, 6.07) is 0. The maximum atomic E-state index is 11.3. The van der Waals surface area contributed by atoms with E-state index in [0.29, 0.717) is 6.42 Å². The van der Waals surface area contributed by atoms with Crippen LogP contribution in [-0.2, 0) is 9.53 Å². The minimum Gasteiger partial charge on any atom is -0.458 e. The monoisotopic (exact) mass is 298 g/mol.